The van der Waals surface area contributed by atoms with Crippen LogP contribution in [-0.4, -0.2) is 21.1 Å². The van der Waals surface area contributed by atoms with Gasteiger partial charge in [0.05, 0.1) is 0 Å². The smallest absolute Gasteiger partial charge is 0.256 e. The van der Waals surface area contributed by atoms with Gasteiger partial charge in [0, 0.05) is 23.5 Å². The maximum absolute atomic E-state index is 12.0. The summed E-state index contributed by atoms with van der Waals surface area (Å²) in [6.07, 6.45) is 3.40. The van der Waals surface area contributed by atoms with Gasteiger partial charge in [-0.05, 0) is 35.7 Å². The molecule has 0 aliphatic carbocycles. The highest BCUT2D eigenvalue weighted by Crippen LogP contribution is 2.15. The third-order valence-corrected chi connectivity index (χ3v) is 2.63. The Kier molecular flexibility index (Phi) is 2.49. The van der Waals surface area contributed by atoms with E-state index in [2.05, 4.69) is 20.5 Å². The number of nitrogens with one attached hydrogen (secondary N) is 2. The highest BCUT2D eigenvalue weighted by atomic mass is 16.1. The minimum atomic E-state index is -0.202. The van der Waals surface area contributed by atoms with Crippen LogP contribution in [0.25, 0.3) is 10.9 Å². The number of aromatic nitrogens is 3. The molecule has 0 aliphatic rings. The number of benzene rings is 1. The molecule has 5 nitrogen and oxygen atoms in total. The van der Waals surface area contributed by atoms with Crippen LogP contribution in [-0.2, 0) is 0 Å². The Bertz CT molecular complexity index is 690. The van der Waals surface area contributed by atoms with Crippen molar-refractivity contribution in [2.75, 3.05) is 5.32 Å². The summed E-state index contributed by atoms with van der Waals surface area (Å²) in [4.78, 5) is 15.1. The van der Waals surface area contributed by atoms with Gasteiger partial charge in [0.25, 0.3) is 5.91 Å². The van der Waals surface area contributed by atoms with Crippen molar-refractivity contribution in [3.63, 3.8) is 0 Å². The Labute approximate surface area is 103 Å². The highest BCUT2D eigenvalue weighted by molar-refractivity contribution is 6.05. The molecule has 0 unspecified atom stereocenters. The van der Waals surface area contributed by atoms with Crippen molar-refractivity contribution in [1.82, 2.24) is 15.2 Å². The molecule has 0 radical (unpaired) electrons. The molecule has 0 bridgehead atoms. The van der Waals surface area contributed by atoms with Gasteiger partial charge in [-0.1, -0.05) is 6.07 Å². The first-order chi connectivity index (χ1) is 8.83. The average molecular weight is 238 g/mol. The summed E-state index contributed by atoms with van der Waals surface area (Å²) in [6, 6.07) is 10.9. The lowest BCUT2D eigenvalue weighted by Gasteiger charge is -2.03. The third kappa shape index (κ3) is 1.93. The van der Waals surface area contributed by atoms with Gasteiger partial charge < -0.3 is 10.3 Å². The Morgan fingerprint density at radius 2 is 2.17 bits per heavy atom. The van der Waals surface area contributed by atoms with Gasteiger partial charge in [0.2, 0.25) is 0 Å². The first-order valence-corrected chi connectivity index (χ1v) is 5.49. The molecule has 2 aromatic heterocycles. The van der Waals surface area contributed by atoms with E-state index in [4.69, 9.17) is 0 Å². The van der Waals surface area contributed by atoms with Crippen molar-refractivity contribution in [3.8, 4) is 0 Å². The standard InChI is InChI=1S/C13H10N4O/c18-13(16-12-2-1-6-15-17-12)10-4-3-9-5-7-14-11(9)8-10/h1-8,14H,(H,16,17,18). The van der Waals surface area contributed by atoms with Gasteiger partial charge in [0.15, 0.2) is 5.82 Å². The number of anilines is 1. The molecule has 3 rings (SSSR count). The fourth-order valence-electron chi connectivity index (χ4n) is 1.75. The number of rotatable bonds is 2. The average Bonchev–Trinajstić information content (AvgIpc) is 2.87. The van der Waals surface area contributed by atoms with Crippen LogP contribution in [0.4, 0.5) is 5.82 Å². The molecule has 2 N–H and O–H groups in total. The van der Waals surface area contributed by atoms with E-state index in [9.17, 15) is 4.79 Å². The minimum absolute atomic E-state index is 0.202. The first-order valence-electron chi connectivity index (χ1n) is 5.49. The summed E-state index contributed by atoms with van der Waals surface area (Å²) in [5.41, 5.74) is 1.51. The molecule has 1 amide bonds. The molecule has 88 valence electrons. The maximum atomic E-state index is 12.0. The largest absolute Gasteiger partial charge is 0.361 e. The van der Waals surface area contributed by atoms with E-state index in [-0.39, 0.29) is 5.91 Å². The van der Waals surface area contributed by atoms with Crippen LogP contribution in [0.1, 0.15) is 10.4 Å². The lowest BCUT2D eigenvalue weighted by molar-refractivity contribution is 0.102. The number of hydrogen-bond donors (Lipinski definition) is 2. The number of fused-ring (bicyclic) bond motifs is 1. The van der Waals surface area contributed by atoms with Crippen LogP contribution in [0.2, 0.25) is 0 Å². The van der Waals surface area contributed by atoms with E-state index in [0.717, 1.165) is 10.9 Å². The fraction of sp³-hybridized carbons (Fsp3) is 0. The molecule has 1 aromatic carbocycles. The van der Waals surface area contributed by atoms with Crippen molar-refractivity contribution in [2.45, 2.75) is 0 Å². The Hall–Kier alpha value is -2.69. The fourth-order valence-corrected chi connectivity index (χ4v) is 1.75. The van der Waals surface area contributed by atoms with E-state index in [1.165, 1.54) is 0 Å². The van der Waals surface area contributed by atoms with Gasteiger partial charge in [0.1, 0.15) is 0 Å². The molecule has 3 aromatic rings. The molecule has 0 atom stereocenters. The second-order valence-electron chi connectivity index (χ2n) is 3.84. The van der Waals surface area contributed by atoms with E-state index >= 15 is 0 Å². The molecule has 0 saturated carbocycles. The molecule has 18 heavy (non-hydrogen) atoms. The van der Waals surface area contributed by atoms with Crippen LogP contribution in [0.15, 0.2) is 48.8 Å². The van der Waals surface area contributed by atoms with Gasteiger partial charge in [-0.15, -0.1) is 5.10 Å². The predicted molar refractivity (Wildman–Crippen MR) is 68.3 cm³/mol. The van der Waals surface area contributed by atoms with E-state index in [1.807, 2.05) is 18.3 Å². The van der Waals surface area contributed by atoms with Crippen LogP contribution >= 0.6 is 0 Å². The lowest BCUT2D eigenvalue weighted by atomic mass is 10.1. The number of aromatic amines is 1. The van der Waals surface area contributed by atoms with Gasteiger partial charge in [-0.25, -0.2) is 0 Å². The van der Waals surface area contributed by atoms with Crippen molar-refractivity contribution in [3.05, 3.63) is 54.4 Å². The number of carbonyl (C=O) groups is 1. The van der Waals surface area contributed by atoms with Crippen LogP contribution in [0, 0.1) is 0 Å². The van der Waals surface area contributed by atoms with Crippen molar-refractivity contribution in [2.24, 2.45) is 0 Å². The zero-order valence-corrected chi connectivity index (χ0v) is 9.42. The van der Waals surface area contributed by atoms with Gasteiger partial charge in [-0.2, -0.15) is 5.10 Å². The number of amides is 1. The number of hydrogen-bond acceptors (Lipinski definition) is 3. The second kappa shape index (κ2) is 4.29. The van der Waals surface area contributed by atoms with Crippen molar-refractivity contribution >= 4 is 22.6 Å². The molecule has 0 saturated heterocycles. The van der Waals surface area contributed by atoms with Crippen molar-refractivity contribution < 1.29 is 4.79 Å². The number of carbonyl (C=O) groups excluding carboxylic acids is 1. The summed E-state index contributed by atoms with van der Waals surface area (Å²) >= 11 is 0. The summed E-state index contributed by atoms with van der Waals surface area (Å²) in [5, 5.41) is 11.3. The molecule has 2 heterocycles. The normalized spacial score (nSPS) is 10.4. The summed E-state index contributed by atoms with van der Waals surface area (Å²) in [7, 11) is 0. The SMILES string of the molecule is O=C(Nc1cccnn1)c1ccc2cc[nH]c2c1. The van der Waals surface area contributed by atoms with Gasteiger partial charge >= 0.3 is 0 Å². The maximum Gasteiger partial charge on any atom is 0.256 e. The Morgan fingerprint density at radius 3 is 3.00 bits per heavy atom. The van der Waals surface area contributed by atoms with Crippen LogP contribution in [0.5, 0.6) is 0 Å². The monoisotopic (exact) mass is 238 g/mol. The quantitative estimate of drug-likeness (QED) is 0.719. The van der Waals surface area contributed by atoms with E-state index in [1.54, 1.807) is 30.5 Å². The summed E-state index contributed by atoms with van der Waals surface area (Å²) in [6.45, 7) is 0. The molecular weight excluding hydrogens is 228 g/mol. The molecule has 0 aliphatic heterocycles. The molecule has 0 fully saturated rings. The predicted octanol–water partition coefficient (Wildman–Crippen LogP) is 2.21. The highest BCUT2D eigenvalue weighted by Gasteiger charge is 2.07. The Balaban J connectivity index is 1.87. The first kappa shape index (κ1) is 10.5. The zero-order valence-electron chi connectivity index (χ0n) is 9.42. The van der Waals surface area contributed by atoms with E-state index in [0.29, 0.717) is 11.4 Å². The second-order valence-corrected chi connectivity index (χ2v) is 3.84. The molecule has 0 spiro atoms. The molecular formula is C13H10N4O. The van der Waals surface area contributed by atoms with Gasteiger partial charge in [-0.3, -0.25) is 4.79 Å². The number of H-pyrrole nitrogens is 1. The summed E-state index contributed by atoms with van der Waals surface area (Å²) in [5.74, 6) is 0.237. The third-order valence-electron chi connectivity index (χ3n) is 2.63. The minimum Gasteiger partial charge on any atom is -0.361 e. The summed E-state index contributed by atoms with van der Waals surface area (Å²) < 4.78 is 0. The van der Waals surface area contributed by atoms with E-state index < -0.39 is 0 Å². The topological polar surface area (TPSA) is 70.7 Å². The van der Waals surface area contributed by atoms with Crippen molar-refractivity contribution in [1.29, 1.82) is 0 Å². The lowest BCUT2D eigenvalue weighted by Crippen LogP contribution is -2.13. The zero-order chi connectivity index (χ0) is 12.4. The number of nitrogens with zero attached hydrogens (tertiary/aromatic N) is 2. The van der Waals surface area contributed by atoms with Crippen LogP contribution < -0.4 is 5.32 Å². The molecule has 5 heteroatoms. The van der Waals surface area contributed by atoms with Crippen LogP contribution in [0.3, 0.4) is 0 Å². The Morgan fingerprint density at radius 1 is 1.22 bits per heavy atom.